The maximum Gasteiger partial charge on any atom is 0.232 e. The van der Waals surface area contributed by atoms with Crippen molar-refractivity contribution >= 4 is 33.2 Å². The molecule has 0 radical (unpaired) electrons. The van der Waals surface area contributed by atoms with Gasteiger partial charge < -0.3 is 10.1 Å². The summed E-state index contributed by atoms with van der Waals surface area (Å²) in [6.45, 7) is 2.63. The first kappa shape index (κ1) is 22.0. The summed E-state index contributed by atoms with van der Waals surface area (Å²) in [6, 6.07) is 12.7. The van der Waals surface area contributed by atoms with E-state index >= 15 is 0 Å². The lowest BCUT2D eigenvalue weighted by Crippen LogP contribution is -2.32. The van der Waals surface area contributed by atoms with E-state index < -0.39 is 10.0 Å². The van der Waals surface area contributed by atoms with Gasteiger partial charge in [-0.2, -0.15) is 0 Å². The maximum absolute atomic E-state index is 12.2. The Kier molecular flexibility index (Phi) is 7.71. The summed E-state index contributed by atoms with van der Waals surface area (Å²) in [4.78, 5) is 12.1. The molecule has 0 aromatic heterocycles. The van der Waals surface area contributed by atoms with Crippen LogP contribution in [0, 0.1) is 6.92 Å². The molecule has 0 spiro atoms. The zero-order valence-electron chi connectivity index (χ0n) is 16.2. The topological polar surface area (TPSA) is 75.7 Å². The average Bonchev–Trinajstić information content (AvgIpc) is 2.63. The molecule has 0 unspecified atom stereocenters. The minimum atomic E-state index is -3.51. The molecule has 0 bridgehead atoms. The molecular formula is C20H25ClN2O4S. The van der Waals surface area contributed by atoms with Crippen molar-refractivity contribution in [3.63, 3.8) is 0 Å². The van der Waals surface area contributed by atoms with E-state index in [1.165, 1.54) is 11.4 Å². The Morgan fingerprint density at radius 2 is 1.86 bits per heavy atom. The Bertz CT molecular complexity index is 914. The van der Waals surface area contributed by atoms with Crippen LogP contribution in [-0.2, 0) is 21.4 Å². The van der Waals surface area contributed by atoms with Gasteiger partial charge in [-0.3, -0.25) is 9.10 Å². The first-order valence-corrected chi connectivity index (χ1v) is 11.1. The fraction of sp³-hybridized carbons (Fsp3) is 0.350. The molecule has 2 rings (SSSR count). The lowest BCUT2D eigenvalue weighted by molar-refractivity contribution is -0.121. The monoisotopic (exact) mass is 424 g/mol. The fourth-order valence-electron chi connectivity index (χ4n) is 2.68. The number of hydrogen-bond acceptors (Lipinski definition) is 4. The van der Waals surface area contributed by atoms with Crippen LogP contribution in [0.15, 0.2) is 42.5 Å². The van der Waals surface area contributed by atoms with Crippen LogP contribution in [0.1, 0.15) is 24.0 Å². The third-order valence-corrected chi connectivity index (χ3v) is 5.69. The van der Waals surface area contributed by atoms with Gasteiger partial charge in [0.1, 0.15) is 5.75 Å². The van der Waals surface area contributed by atoms with Crippen molar-refractivity contribution in [3.05, 3.63) is 58.6 Å². The molecule has 1 N–H and O–H groups in total. The third kappa shape index (κ3) is 6.42. The van der Waals surface area contributed by atoms with Gasteiger partial charge in [0.25, 0.3) is 0 Å². The molecule has 2 aromatic carbocycles. The Hall–Kier alpha value is -2.25. The molecule has 6 nitrogen and oxygen atoms in total. The van der Waals surface area contributed by atoms with E-state index in [1.54, 1.807) is 18.2 Å². The molecule has 0 heterocycles. The molecule has 1 amide bonds. The number of halogens is 1. The predicted molar refractivity (Wildman–Crippen MR) is 112 cm³/mol. The minimum Gasteiger partial charge on any atom is -0.495 e. The Balaban J connectivity index is 1.92. The van der Waals surface area contributed by atoms with Crippen molar-refractivity contribution < 1.29 is 17.9 Å². The van der Waals surface area contributed by atoms with E-state index in [1.807, 2.05) is 31.2 Å². The number of benzene rings is 2. The van der Waals surface area contributed by atoms with Gasteiger partial charge in [-0.25, -0.2) is 8.42 Å². The number of hydrogen-bond donors (Lipinski definition) is 1. The van der Waals surface area contributed by atoms with E-state index in [0.717, 1.165) is 17.4 Å². The highest BCUT2D eigenvalue weighted by Gasteiger charge is 2.19. The molecule has 2 aromatic rings. The summed E-state index contributed by atoms with van der Waals surface area (Å²) in [5.41, 5.74) is 2.62. The molecule has 0 atom stereocenters. The van der Waals surface area contributed by atoms with Crippen LogP contribution in [0.4, 0.5) is 5.69 Å². The minimum absolute atomic E-state index is 0.123. The normalized spacial score (nSPS) is 11.1. The molecule has 0 saturated carbocycles. The number of methoxy groups -OCH3 is 1. The summed E-state index contributed by atoms with van der Waals surface area (Å²) >= 11 is 6.11. The van der Waals surface area contributed by atoms with Gasteiger partial charge in [-0.1, -0.05) is 41.4 Å². The van der Waals surface area contributed by atoms with Gasteiger partial charge in [0.15, 0.2) is 0 Å². The van der Waals surface area contributed by atoms with Crippen LogP contribution in [0.25, 0.3) is 0 Å². The van der Waals surface area contributed by atoms with Gasteiger partial charge >= 0.3 is 0 Å². The van der Waals surface area contributed by atoms with Gasteiger partial charge in [-0.05, 0) is 37.1 Å². The number of ether oxygens (including phenoxy) is 1. The largest absolute Gasteiger partial charge is 0.495 e. The van der Waals surface area contributed by atoms with E-state index in [4.69, 9.17) is 16.3 Å². The van der Waals surface area contributed by atoms with Crippen molar-refractivity contribution in [2.45, 2.75) is 26.3 Å². The number of anilines is 1. The second kappa shape index (κ2) is 9.80. The Morgan fingerprint density at radius 1 is 1.18 bits per heavy atom. The zero-order chi connectivity index (χ0) is 20.7. The number of nitrogens with one attached hydrogen (secondary N) is 1. The second-order valence-electron chi connectivity index (χ2n) is 6.52. The standard InChI is InChI=1S/C20H25ClN2O4S/c1-15-6-8-16(9-7-15)14-22-20(24)5-4-12-23(28(3,25)26)17-10-11-19(27-2)18(21)13-17/h6-11,13H,4-5,12,14H2,1-3H3,(H,22,24). The van der Waals surface area contributed by atoms with E-state index in [2.05, 4.69) is 5.32 Å². The summed E-state index contributed by atoms with van der Waals surface area (Å²) in [5.74, 6) is 0.344. The Labute approximate surface area is 171 Å². The van der Waals surface area contributed by atoms with Crippen LogP contribution in [0.5, 0.6) is 5.75 Å². The van der Waals surface area contributed by atoms with E-state index in [0.29, 0.717) is 29.4 Å². The average molecular weight is 425 g/mol. The number of carbonyl (C=O) groups excluding carboxylic acids is 1. The highest BCUT2D eigenvalue weighted by atomic mass is 35.5. The maximum atomic E-state index is 12.2. The van der Waals surface area contributed by atoms with Crippen molar-refractivity contribution in [3.8, 4) is 5.75 Å². The van der Waals surface area contributed by atoms with Gasteiger partial charge in [0.05, 0.1) is 24.1 Å². The molecule has 0 saturated heterocycles. The number of aryl methyl sites for hydroxylation is 1. The smallest absolute Gasteiger partial charge is 0.232 e. The SMILES string of the molecule is COc1ccc(N(CCCC(=O)NCc2ccc(C)cc2)S(C)(=O)=O)cc1Cl. The highest BCUT2D eigenvalue weighted by molar-refractivity contribution is 7.92. The molecular weight excluding hydrogens is 400 g/mol. The number of sulfonamides is 1. The van der Waals surface area contributed by atoms with Crippen LogP contribution in [-0.4, -0.2) is 34.2 Å². The van der Waals surface area contributed by atoms with Gasteiger partial charge in [0.2, 0.25) is 15.9 Å². The van der Waals surface area contributed by atoms with E-state index in [-0.39, 0.29) is 18.9 Å². The quantitative estimate of drug-likeness (QED) is 0.668. The van der Waals surface area contributed by atoms with Gasteiger partial charge in [-0.15, -0.1) is 0 Å². The summed E-state index contributed by atoms with van der Waals surface area (Å²) in [7, 11) is -2.02. The first-order chi connectivity index (χ1) is 13.2. The first-order valence-electron chi connectivity index (χ1n) is 8.84. The summed E-state index contributed by atoms with van der Waals surface area (Å²) in [6.07, 6.45) is 1.74. The molecule has 8 heteroatoms. The number of rotatable bonds is 9. The molecule has 28 heavy (non-hydrogen) atoms. The molecule has 0 aliphatic rings. The van der Waals surface area contributed by atoms with Crippen molar-refractivity contribution in [2.75, 3.05) is 24.2 Å². The molecule has 0 fully saturated rings. The highest BCUT2D eigenvalue weighted by Crippen LogP contribution is 2.30. The lowest BCUT2D eigenvalue weighted by Gasteiger charge is -2.23. The molecule has 0 aliphatic heterocycles. The van der Waals surface area contributed by atoms with Crippen LogP contribution < -0.4 is 14.4 Å². The number of nitrogens with zero attached hydrogens (tertiary/aromatic N) is 1. The van der Waals surface area contributed by atoms with Gasteiger partial charge in [0, 0.05) is 19.5 Å². The number of amides is 1. The van der Waals surface area contributed by atoms with Crippen molar-refractivity contribution in [2.24, 2.45) is 0 Å². The van der Waals surface area contributed by atoms with Crippen LogP contribution >= 0.6 is 11.6 Å². The third-order valence-electron chi connectivity index (χ3n) is 4.20. The molecule has 152 valence electrons. The zero-order valence-corrected chi connectivity index (χ0v) is 17.8. The van der Waals surface area contributed by atoms with Crippen molar-refractivity contribution in [1.29, 1.82) is 0 Å². The summed E-state index contributed by atoms with van der Waals surface area (Å²) in [5, 5.41) is 3.17. The summed E-state index contributed by atoms with van der Waals surface area (Å²) < 4.78 is 30.7. The van der Waals surface area contributed by atoms with Crippen LogP contribution in [0.3, 0.4) is 0 Å². The molecule has 0 aliphatic carbocycles. The fourth-order valence-corrected chi connectivity index (χ4v) is 3.88. The van der Waals surface area contributed by atoms with Crippen LogP contribution in [0.2, 0.25) is 5.02 Å². The van der Waals surface area contributed by atoms with E-state index in [9.17, 15) is 13.2 Å². The lowest BCUT2D eigenvalue weighted by atomic mass is 10.1. The predicted octanol–water partition coefficient (Wildman–Crippen LogP) is 3.52. The second-order valence-corrected chi connectivity index (χ2v) is 8.83. The Morgan fingerprint density at radius 3 is 2.43 bits per heavy atom. The number of carbonyl (C=O) groups is 1. The van der Waals surface area contributed by atoms with Crippen molar-refractivity contribution in [1.82, 2.24) is 5.32 Å².